The van der Waals surface area contributed by atoms with Gasteiger partial charge in [-0.2, -0.15) is 10.2 Å². The molecule has 2 aromatic rings. The molecule has 6 nitrogen and oxygen atoms in total. The van der Waals surface area contributed by atoms with Gasteiger partial charge in [0.05, 0.1) is 31.3 Å². The number of fused-ring (bicyclic) bond motifs is 1. The summed E-state index contributed by atoms with van der Waals surface area (Å²) in [6.45, 7) is 2.32. The molecule has 1 atom stereocenters. The Balaban J connectivity index is 1.66. The van der Waals surface area contributed by atoms with Crippen molar-refractivity contribution in [2.75, 3.05) is 19.8 Å². The van der Waals surface area contributed by atoms with Crippen molar-refractivity contribution >= 4 is 15.9 Å². The van der Waals surface area contributed by atoms with Gasteiger partial charge in [0, 0.05) is 25.0 Å². The fraction of sp³-hybridized carbons (Fsp3) is 0.600. The van der Waals surface area contributed by atoms with Gasteiger partial charge < -0.3 is 9.47 Å². The van der Waals surface area contributed by atoms with Crippen LogP contribution in [0.2, 0.25) is 0 Å². The van der Waals surface area contributed by atoms with Crippen LogP contribution in [-0.4, -0.2) is 39.4 Å². The van der Waals surface area contributed by atoms with E-state index in [1.807, 2.05) is 21.8 Å². The summed E-state index contributed by atoms with van der Waals surface area (Å²) in [7, 11) is 0. The minimum atomic E-state index is 0.0587. The number of aromatic nitrogens is 4. The van der Waals surface area contributed by atoms with Crippen molar-refractivity contribution in [2.45, 2.75) is 38.3 Å². The monoisotopic (exact) mass is 366 g/mol. The molecule has 22 heavy (non-hydrogen) atoms. The molecule has 2 aliphatic rings. The zero-order valence-electron chi connectivity index (χ0n) is 12.4. The van der Waals surface area contributed by atoms with Crippen LogP contribution in [0.15, 0.2) is 17.0 Å². The van der Waals surface area contributed by atoms with Gasteiger partial charge in [0.2, 0.25) is 0 Å². The lowest BCUT2D eigenvalue weighted by Gasteiger charge is -2.22. The third-order valence-corrected chi connectivity index (χ3v) is 4.94. The van der Waals surface area contributed by atoms with Crippen LogP contribution in [-0.2, 0) is 22.3 Å². The summed E-state index contributed by atoms with van der Waals surface area (Å²) in [6, 6.07) is 0. The lowest BCUT2D eigenvalue weighted by atomic mass is 10.1. The molecule has 0 saturated carbocycles. The summed E-state index contributed by atoms with van der Waals surface area (Å²) in [5, 5.41) is 9.13. The quantitative estimate of drug-likeness (QED) is 0.819. The van der Waals surface area contributed by atoms with Crippen molar-refractivity contribution in [3.05, 3.63) is 28.3 Å². The highest BCUT2D eigenvalue weighted by Gasteiger charge is 2.22. The zero-order valence-corrected chi connectivity index (χ0v) is 14.0. The maximum atomic E-state index is 5.79. The Morgan fingerprint density at radius 1 is 1.18 bits per heavy atom. The number of ether oxygens (including phenoxy) is 2. The summed E-state index contributed by atoms with van der Waals surface area (Å²) in [4.78, 5) is 0. The first-order chi connectivity index (χ1) is 10.8. The molecule has 1 saturated heterocycles. The lowest BCUT2D eigenvalue weighted by molar-refractivity contribution is -0.0394. The summed E-state index contributed by atoms with van der Waals surface area (Å²) in [5.41, 5.74) is 3.45. The van der Waals surface area contributed by atoms with Gasteiger partial charge in [0.15, 0.2) is 0 Å². The standard InChI is InChI=1S/C15H19BrN4O2/c16-15-12-4-7-21-8-5-13(12)20(18-15)11-9-17-19(10-11)14-3-1-2-6-22-14/h9-10,14H,1-8H2. The molecule has 0 aliphatic carbocycles. The van der Waals surface area contributed by atoms with Crippen LogP contribution in [0.3, 0.4) is 0 Å². The summed E-state index contributed by atoms with van der Waals surface area (Å²) in [6.07, 6.45) is 9.09. The fourth-order valence-electron chi connectivity index (χ4n) is 3.15. The minimum Gasteiger partial charge on any atom is -0.381 e. The first-order valence-corrected chi connectivity index (χ1v) is 8.62. The Kier molecular flexibility index (Phi) is 4.02. The number of hydrogen-bond donors (Lipinski definition) is 0. The topological polar surface area (TPSA) is 54.1 Å². The third-order valence-electron chi connectivity index (χ3n) is 4.30. The second-order valence-electron chi connectivity index (χ2n) is 5.74. The van der Waals surface area contributed by atoms with Crippen molar-refractivity contribution in [2.24, 2.45) is 0 Å². The third kappa shape index (κ3) is 2.61. The van der Waals surface area contributed by atoms with E-state index in [2.05, 4.69) is 26.1 Å². The highest BCUT2D eigenvalue weighted by molar-refractivity contribution is 9.10. The second-order valence-corrected chi connectivity index (χ2v) is 6.49. The largest absolute Gasteiger partial charge is 0.381 e. The van der Waals surface area contributed by atoms with Gasteiger partial charge in [0.25, 0.3) is 0 Å². The zero-order chi connectivity index (χ0) is 14.9. The minimum absolute atomic E-state index is 0.0587. The number of hydrogen-bond acceptors (Lipinski definition) is 4. The molecule has 2 aromatic heterocycles. The Hall–Kier alpha value is -1.18. The van der Waals surface area contributed by atoms with Gasteiger partial charge in [-0.25, -0.2) is 9.36 Å². The van der Waals surface area contributed by atoms with Crippen LogP contribution in [0.4, 0.5) is 0 Å². The average Bonchev–Trinajstić information content (AvgIpc) is 3.06. The van der Waals surface area contributed by atoms with E-state index in [1.54, 1.807) is 0 Å². The van der Waals surface area contributed by atoms with E-state index < -0.39 is 0 Å². The molecule has 0 aromatic carbocycles. The van der Waals surface area contributed by atoms with Crippen LogP contribution in [0, 0.1) is 0 Å². The van der Waals surface area contributed by atoms with Crippen LogP contribution in [0.25, 0.3) is 5.69 Å². The summed E-state index contributed by atoms with van der Waals surface area (Å²) < 4.78 is 16.2. The van der Waals surface area contributed by atoms with Gasteiger partial charge in [-0.15, -0.1) is 0 Å². The highest BCUT2D eigenvalue weighted by atomic mass is 79.9. The van der Waals surface area contributed by atoms with E-state index >= 15 is 0 Å². The molecular formula is C15H19BrN4O2. The second kappa shape index (κ2) is 6.14. The van der Waals surface area contributed by atoms with Crippen LogP contribution in [0.5, 0.6) is 0 Å². The lowest BCUT2D eigenvalue weighted by Crippen LogP contribution is -2.18. The molecule has 1 unspecified atom stereocenters. The van der Waals surface area contributed by atoms with Crippen molar-refractivity contribution in [1.82, 2.24) is 19.6 Å². The van der Waals surface area contributed by atoms with Gasteiger partial charge in [0.1, 0.15) is 16.5 Å². The average molecular weight is 367 g/mol. The molecule has 0 N–H and O–H groups in total. The molecule has 0 radical (unpaired) electrons. The van der Waals surface area contributed by atoms with E-state index in [1.165, 1.54) is 17.7 Å². The number of rotatable bonds is 2. The number of halogens is 1. The Labute approximate surface area is 137 Å². The Morgan fingerprint density at radius 3 is 2.95 bits per heavy atom. The van der Waals surface area contributed by atoms with Crippen molar-refractivity contribution < 1.29 is 9.47 Å². The van der Waals surface area contributed by atoms with Crippen molar-refractivity contribution in [3.8, 4) is 5.69 Å². The molecule has 0 amide bonds. The van der Waals surface area contributed by atoms with Gasteiger partial charge >= 0.3 is 0 Å². The fourth-order valence-corrected chi connectivity index (χ4v) is 3.73. The predicted octanol–water partition coefficient (Wildman–Crippen LogP) is 2.65. The van der Waals surface area contributed by atoms with Crippen LogP contribution < -0.4 is 0 Å². The SMILES string of the molecule is Brc1nn(-c2cnn(C3CCCCO3)c2)c2c1CCOCC2. The van der Waals surface area contributed by atoms with Crippen LogP contribution >= 0.6 is 15.9 Å². The molecule has 0 spiro atoms. The molecule has 1 fully saturated rings. The van der Waals surface area contributed by atoms with E-state index in [9.17, 15) is 0 Å². The molecule has 118 valence electrons. The number of nitrogens with zero attached hydrogens (tertiary/aromatic N) is 4. The molecule has 0 bridgehead atoms. The van der Waals surface area contributed by atoms with Gasteiger partial charge in [-0.3, -0.25) is 0 Å². The maximum Gasteiger partial charge on any atom is 0.150 e. The Morgan fingerprint density at radius 2 is 2.09 bits per heavy atom. The first kappa shape index (κ1) is 14.4. The van der Waals surface area contributed by atoms with E-state index in [-0.39, 0.29) is 6.23 Å². The smallest absolute Gasteiger partial charge is 0.150 e. The van der Waals surface area contributed by atoms with E-state index in [0.29, 0.717) is 0 Å². The van der Waals surface area contributed by atoms with Crippen molar-refractivity contribution in [3.63, 3.8) is 0 Å². The highest BCUT2D eigenvalue weighted by Crippen LogP contribution is 2.27. The Bertz CT molecular complexity index is 661. The summed E-state index contributed by atoms with van der Waals surface area (Å²) in [5.74, 6) is 0. The van der Waals surface area contributed by atoms with Gasteiger partial charge in [-0.1, -0.05) is 0 Å². The van der Waals surface area contributed by atoms with Gasteiger partial charge in [-0.05, 0) is 35.2 Å². The van der Waals surface area contributed by atoms with E-state index in [4.69, 9.17) is 9.47 Å². The predicted molar refractivity (Wildman–Crippen MR) is 84.1 cm³/mol. The molecule has 7 heteroatoms. The first-order valence-electron chi connectivity index (χ1n) is 7.83. The molecular weight excluding hydrogens is 348 g/mol. The molecule has 2 aliphatic heterocycles. The van der Waals surface area contributed by atoms with Crippen LogP contribution in [0.1, 0.15) is 36.7 Å². The van der Waals surface area contributed by atoms with E-state index in [0.717, 1.165) is 55.8 Å². The summed E-state index contributed by atoms with van der Waals surface area (Å²) >= 11 is 3.58. The maximum absolute atomic E-state index is 5.79. The normalized spacial score (nSPS) is 22.3. The molecule has 4 heterocycles. The molecule has 4 rings (SSSR count). The van der Waals surface area contributed by atoms with Crippen molar-refractivity contribution in [1.29, 1.82) is 0 Å².